The molecule has 4 heteroatoms. The number of pyridine rings is 1. The Morgan fingerprint density at radius 3 is 2.73 bits per heavy atom. The van der Waals surface area contributed by atoms with E-state index in [0.717, 1.165) is 34.0 Å². The number of anilines is 2. The molecule has 1 aliphatic heterocycles. The first-order valence-electron chi connectivity index (χ1n) is 6.97. The lowest BCUT2D eigenvalue weighted by atomic mass is 10.0. The van der Waals surface area contributed by atoms with Gasteiger partial charge in [0.05, 0.1) is 5.71 Å². The maximum absolute atomic E-state index is 6.15. The largest absolute Gasteiger partial charge is 0.338 e. The normalized spacial score (nSPS) is 12.5. The van der Waals surface area contributed by atoms with Gasteiger partial charge in [-0.3, -0.25) is 0 Å². The monoisotopic (exact) mass is 305 g/mol. The van der Waals surface area contributed by atoms with Crippen LogP contribution in [0.25, 0.3) is 0 Å². The van der Waals surface area contributed by atoms with Crippen LogP contribution in [0.1, 0.15) is 11.1 Å². The van der Waals surface area contributed by atoms with E-state index >= 15 is 0 Å². The Bertz CT molecular complexity index is 887. The van der Waals surface area contributed by atoms with Crippen LogP contribution in [0, 0.1) is 0 Å². The standard InChI is InChI=1S/C18H12ClN3/c19-13-6-3-5-12(11-13)17-14-7-1-2-8-15(14)22-18-16(21-17)9-4-10-20-18/h1-11H,(H,20,22). The van der Waals surface area contributed by atoms with Gasteiger partial charge in [-0.15, -0.1) is 0 Å². The number of benzene rings is 2. The summed E-state index contributed by atoms with van der Waals surface area (Å²) in [6.07, 6.45) is 1.76. The van der Waals surface area contributed by atoms with Gasteiger partial charge in [0.2, 0.25) is 0 Å². The predicted octanol–water partition coefficient (Wildman–Crippen LogP) is 4.96. The molecule has 0 amide bonds. The lowest BCUT2D eigenvalue weighted by Gasteiger charge is -2.10. The molecule has 0 unspecified atom stereocenters. The quantitative estimate of drug-likeness (QED) is 0.539. The molecule has 2 aromatic carbocycles. The molecule has 0 spiro atoms. The van der Waals surface area contributed by atoms with Gasteiger partial charge in [-0.1, -0.05) is 41.9 Å². The molecule has 106 valence electrons. The summed E-state index contributed by atoms with van der Waals surface area (Å²) in [5.74, 6) is 0.756. The topological polar surface area (TPSA) is 37.3 Å². The molecule has 0 radical (unpaired) electrons. The first-order valence-corrected chi connectivity index (χ1v) is 7.35. The highest BCUT2D eigenvalue weighted by Crippen LogP contribution is 2.34. The Morgan fingerprint density at radius 2 is 1.82 bits per heavy atom. The number of para-hydroxylation sites is 1. The zero-order valence-corrected chi connectivity index (χ0v) is 12.4. The molecule has 3 nitrogen and oxygen atoms in total. The van der Waals surface area contributed by atoms with Gasteiger partial charge in [0.15, 0.2) is 5.82 Å². The smallest absolute Gasteiger partial charge is 0.156 e. The van der Waals surface area contributed by atoms with Crippen LogP contribution in [0.15, 0.2) is 71.9 Å². The molecular formula is C18H12ClN3. The summed E-state index contributed by atoms with van der Waals surface area (Å²) in [5, 5.41) is 4.05. The van der Waals surface area contributed by atoms with Crippen molar-refractivity contribution in [2.45, 2.75) is 0 Å². The third-order valence-electron chi connectivity index (χ3n) is 3.55. The first kappa shape index (κ1) is 13.0. The van der Waals surface area contributed by atoms with Crippen molar-refractivity contribution in [2.24, 2.45) is 4.99 Å². The summed E-state index contributed by atoms with van der Waals surface area (Å²) in [5.41, 5.74) is 4.70. The second kappa shape index (κ2) is 5.28. The van der Waals surface area contributed by atoms with Gasteiger partial charge in [0.25, 0.3) is 0 Å². The van der Waals surface area contributed by atoms with E-state index in [1.165, 1.54) is 0 Å². The number of nitrogens with one attached hydrogen (secondary N) is 1. The molecular weight excluding hydrogens is 294 g/mol. The molecule has 0 bridgehead atoms. The van der Waals surface area contributed by atoms with Crippen molar-refractivity contribution in [1.29, 1.82) is 0 Å². The molecule has 0 aliphatic carbocycles. The fraction of sp³-hybridized carbons (Fsp3) is 0. The van der Waals surface area contributed by atoms with Gasteiger partial charge in [-0.05, 0) is 30.3 Å². The highest BCUT2D eigenvalue weighted by molar-refractivity contribution is 6.31. The molecule has 4 rings (SSSR count). The molecule has 0 saturated carbocycles. The van der Waals surface area contributed by atoms with Crippen LogP contribution in [-0.2, 0) is 0 Å². The minimum atomic E-state index is 0.696. The summed E-state index contributed by atoms with van der Waals surface area (Å²) in [6, 6.07) is 19.7. The van der Waals surface area contributed by atoms with Crippen molar-refractivity contribution in [3.8, 4) is 0 Å². The number of fused-ring (bicyclic) bond motifs is 2. The van der Waals surface area contributed by atoms with E-state index in [9.17, 15) is 0 Å². The Balaban J connectivity index is 2.00. The lowest BCUT2D eigenvalue weighted by Crippen LogP contribution is -2.04. The fourth-order valence-electron chi connectivity index (χ4n) is 2.55. The number of nitrogens with zero attached hydrogens (tertiary/aromatic N) is 2. The van der Waals surface area contributed by atoms with Crippen LogP contribution in [0.4, 0.5) is 17.2 Å². The predicted molar refractivity (Wildman–Crippen MR) is 90.7 cm³/mol. The highest BCUT2D eigenvalue weighted by atomic mass is 35.5. The van der Waals surface area contributed by atoms with E-state index in [1.807, 2.05) is 60.7 Å². The molecule has 2 heterocycles. The molecule has 22 heavy (non-hydrogen) atoms. The number of rotatable bonds is 1. The van der Waals surface area contributed by atoms with Crippen molar-refractivity contribution in [3.05, 3.63) is 83.0 Å². The SMILES string of the molecule is Clc1cccc(C2=Nc3cccnc3Nc3ccccc32)c1. The van der Waals surface area contributed by atoms with Gasteiger partial charge in [-0.25, -0.2) is 9.98 Å². The maximum atomic E-state index is 6.15. The number of aromatic nitrogens is 1. The minimum Gasteiger partial charge on any atom is -0.338 e. The second-order valence-electron chi connectivity index (χ2n) is 5.01. The van der Waals surface area contributed by atoms with Crippen molar-refractivity contribution in [3.63, 3.8) is 0 Å². The number of hydrogen-bond donors (Lipinski definition) is 1. The van der Waals surface area contributed by atoms with Crippen LogP contribution in [0.2, 0.25) is 5.02 Å². The molecule has 3 aromatic rings. The Labute approximate surface area is 133 Å². The first-order chi connectivity index (χ1) is 10.8. The van der Waals surface area contributed by atoms with Crippen molar-refractivity contribution in [2.75, 3.05) is 5.32 Å². The zero-order valence-electron chi connectivity index (χ0n) is 11.6. The van der Waals surface area contributed by atoms with Crippen LogP contribution in [0.5, 0.6) is 0 Å². The third kappa shape index (κ3) is 2.26. The van der Waals surface area contributed by atoms with E-state index in [0.29, 0.717) is 5.02 Å². The number of aliphatic imine (C=N–C) groups is 1. The van der Waals surface area contributed by atoms with Crippen molar-refractivity contribution < 1.29 is 0 Å². The van der Waals surface area contributed by atoms with Gasteiger partial charge < -0.3 is 5.32 Å². The molecule has 1 aliphatic rings. The van der Waals surface area contributed by atoms with Gasteiger partial charge in [0.1, 0.15) is 5.69 Å². The average molecular weight is 306 g/mol. The van der Waals surface area contributed by atoms with Crippen molar-refractivity contribution >= 4 is 34.5 Å². The molecule has 1 aromatic heterocycles. The average Bonchev–Trinajstić information content (AvgIpc) is 2.71. The van der Waals surface area contributed by atoms with E-state index < -0.39 is 0 Å². The second-order valence-corrected chi connectivity index (χ2v) is 5.45. The third-order valence-corrected chi connectivity index (χ3v) is 3.79. The molecule has 1 N–H and O–H groups in total. The Morgan fingerprint density at radius 1 is 0.909 bits per heavy atom. The van der Waals surface area contributed by atoms with Gasteiger partial charge >= 0.3 is 0 Å². The Hall–Kier alpha value is -2.65. The molecule has 0 fully saturated rings. The van der Waals surface area contributed by atoms with E-state index in [-0.39, 0.29) is 0 Å². The highest BCUT2D eigenvalue weighted by Gasteiger charge is 2.17. The van der Waals surface area contributed by atoms with E-state index in [2.05, 4.69) is 10.3 Å². The van der Waals surface area contributed by atoms with E-state index in [1.54, 1.807) is 6.20 Å². The maximum Gasteiger partial charge on any atom is 0.156 e. The summed E-state index contributed by atoms with van der Waals surface area (Å²) in [6.45, 7) is 0. The van der Waals surface area contributed by atoms with Crippen molar-refractivity contribution in [1.82, 2.24) is 4.98 Å². The number of halogens is 1. The van der Waals surface area contributed by atoms with Crippen LogP contribution < -0.4 is 5.32 Å². The summed E-state index contributed by atoms with van der Waals surface area (Å²) < 4.78 is 0. The fourth-order valence-corrected chi connectivity index (χ4v) is 2.74. The summed E-state index contributed by atoms with van der Waals surface area (Å²) in [7, 11) is 0. The van der Waals surface area contributed by atoms with Crippen LogP contribution in [-0.4, -0.2) is 10.7 Å². The van der Waals surface area contributed by atoms with Gasteiger partial charge in [0, 0.05) is 28.0 Å². The van der Waals surface area contributed by atoms with E-state index in [4.69, 9.17) is 16.6 Å². The summed E-state index contributed by atoms with van der Waals surface area (Å²) in [4.78, 5) is 9.20. The number of hydrogen-bond acceptors (Lipinski definition) is 3. The van der Waals surface area contributed by atoms with Crippen LogP contribution >= 0.6 is 11.6 Å². The zero-order chi connectivity index (χ0) is 14.9. The lowest BCUT2D eigenvalue weighted by molar-refractivity contribution is 1.30. The van der Waals surface area contributed by atoms with Gasteiger partial charge in [-0.2, -0.15) is 0 Å². The molecule has 0 saturated heterocycles. The van der Waals surface area contributed by atoms with Crippen LogP contribution in [0.3, 0.4) is 0 Å². The Kier molecular flexibility index (Phi) is 3.13. The summed E-state index contributed by atoms with van der Waals surface area (Å²) >= 11 is 6.15. The molecule has 0 atom stereocenters. The minimum absolute atomic E-state index is 0.696.